The maximum Gasteiger partial charge on any atom is 0.243 e. The molecule has 2 amide bonds. The maximum absolute atomic E-state index is 12.5. The molecule has 0 saturated carbocycles. The molecule has 120 valence electrons. The molecule has 1 aliphatic rings. The van der Waals surface area contributed by atoms with Crippen molar-refractivity contribution in [3.8, 4) is 0 Å². The molecule has 1 fully saturated rings. The van der Waals surface area contributed by atoms with E-state index in [2.05, 4.69) is 5.32 Å². The highest BCUT2D eigenvalue weighted by atomic mass is 16.2. The van der Waals surface area contributed by atoms with E-state index in [-0.39, 0.29) is 23.8 Å². The Kier molecular flexibility index (Phi) is 5.55. The Labute approximate surface area is 131 Å². The fraction of sp³-hybridized carbons (Fsp3) is 0.529. The van der Waals surface area contributed by atoms with Gasteiger partial charge in [-0.1, -0.05) is 44.2 Å². The molecule has 2 unspecified atom stereocenters. The zero-order valence-electron chi connectivity index (χ0n) is 13.3. The largest absolute Gasteiger partial charge is 0.352 e. The fourth-order valence-electron chi connectivity index (χ4n) is 2.90. The van der Waals surface area contributed by atoms with Crippen LogP contribution in [0.15, 0.2) is 30.3 Å². The Bertz CT molecular complexity index is 516. The summed E-state index contributed by atoms with van der Waals surface area (Å²) in [6.45, 7) is 4.97. The van der Waals surface area contributed by atoms with Crippen LogP contribution in [0.1, 0.15) is 38.3 Å². The monoisotopic (exact) mass is 303 g/mol. The topological polar surface area (TPSA) is 75.4 Å². The second-order valence-electron chi connectivity index (χ2n) is 6.14. The van der Waals surface area contributed by atoms with Gasteiger partial charge in [-0.2, -0.15) is 0 Å². The first-order chi connectivity index (χ1) is 10.5. The van der Waals surface area contributed by atoms with E-state index in [4.69, 9.17) is 5.73 Å². The molecule has 2 atom stereocenters. The molecule has 5 heteroatoms. The second-order valence-corrected chi connectivity index (χ2v) is 6.14. The quantitative estimate of drug-likeness (QED) is 0.835. The van der Waals surface area contributed by atoms with E-state index in [9.17, 15) is 9.59 Å². The van der Waals surface area contributed by atoms with Crippen molar-refractivity contribution in [2.24, 2.45) is 11.7 Å². The number of nitrogens with two attached hydrogens (primary N) is 1. The number of nitrogens with one attached hydrogen (secondary N) is 1. The van der Waals surface area contributed by atoms with Gasteiger partial charge in [0.2, 0.25) is 11.8 Å². The smallest absolute Gasteiger partial charge is 0.243 e. The highest BCUT2D eigenvalue weighted by Crippen LogP contribution is 2.19. The molecule has 0 aliphatic carbocycles. The zero-order chi connectivity index (χ0) is 16.1. The van der Waals surface area contributed by atoms with Crippen LogP contribution in [0.25, 0.3) is 0 Å². The van der Waals surface area contributed by atoms with Gasteiger partial charge >= 0.3 is 0 Å². The molecule has 3 N–H and O–H groups in total. The Morgan fingerprint density at radius 1 is 1.32 bits per heavy atom. The number of rotatable bonds is 6. The summed E-state index contributed by atoms with van der Waals surface area (Å²) in [7, 11) is 0. The number of hydrogen-bond donors (Lipinski definition) is 2. The number of carbonyl (C=O) groups excluding carboxylic acids is 2. The molecule has 1 aromatic carbocycles. The third kappa shape index (κ3) is 3.85. The van der Waals surface area contributed by atoms with Crippen LogP contribution in [0.4, 0.5) is 0 Å². The number of nitrogens with zero attached hydrogens (tertiary/aromatic N) is 1. The third-order valence-corrected chi connectivity index (χ3v) is 4.07. The van der Waals surface area contributed by atoms with E-state index in [0.29, 0.717) is 19.5 Å². The molecule has 0 radical (unpaired) electrons. The van der Waals surface area contributed by atoms with Crippen molar-refractivity contribution in [3.05, 3.63) is 35.9 Å². The van der Waals surface area contributed by atoms with Crippen molar-refractivity contribution in [1.29, 1.82) is 0 Å². The molecule has 1 heterocycles. The van der Waals surface area contributed by atoms with Crippen LogP contribution < -0.4 is 11.1 Å². The average molecular weight is 303 g/mol. The number of hydrogen-bond acceptors (Lipinski definition) is 3. The lowest BCUT2D eigenvalue weighted by Crippen LogP contribution is -2.51. The van der Waals surface area contributed by atoms with Crippen molar-refractivity contribution in [2.75, 3.05) is 13.1 Å². The van der Waals surface area contributed by atoms with E-state index in [1.54, 1.807) is 4.90 Å². The molecule has 1 saturated heterocycles. The molecule has 0 aromatic heterocycles. The highest BCUT2D eigenvalue weighted by molar-refractivity contribution is 5.88. The molecule has 22 heavy (non-hydrogen) atoms. The van der Waals surface area contributed by atoms with Crippen LogP contribution in [0.2, 0.25) is 0 Å². The first-order valence-corrected chi connectivity index (χ1v) is 7.88. The SMILES string of the molecule is CC(C)C(C(=O)NCC(N)c1ccccc1)N1CCCC1=O. The van der Waals surface area contributed by atoms with Gasteiger partial charge in [0.25, 0.3) is 0 Å². The van der Waals surface area contributed by atoms with Gasteiger partial charge in [0.05, 0.1) is 0 Å². The Morgan fingerprint density at radius 2 is 2.00 bits per heavy atom. The Hall–Kier alpha value is -1.88. The minimum absolute atomic E-state index is 0.0706. The Morgan fingerprint density at radius 3 is 2.55 bits per heavy atom. The van der Waals surface area contributed by atoms with Crippen molar-refractivity contribution >= 4 is 11.8 Å². The van der Waals surface area contributed by atoms with Crippen LogP contribution >= 0.6 is 0 Å². The van der Waals surface area contributed by atoms with E-state index in [0.717, 1.165) is 12.0 Å². The summed E-state index contributed by atoms with van der Waals surface area (Å²) in [6, 6.07) is 9.03. The predicted molar refractivity (Wildman–Crippen MR) is 86.0 cm³/mol. The second kappa shape index (κ2) is 7.40. The number of benzene rings is 1. The molecule has 1 aromatic rings. The minimum Gasteiger partial charge on any atom is -0.352 e. The van der Waals surface area contributed by atoms with Crippen molar-refractivity contribution in [3.63, 3.8) is 0 Å². The molecule has 0 spiro atoms. The zero-order valence-corrected chi connectivity index (χ0v) is 13.3. The van der Waals surface area contributed by atoms with Gasteiger partial charge in [0, 0.05) is 25.6 Å². The number of likely N-dealkylation sites (tertiary alicyclic amines) is 1. The summed E-state index contributed by atoms with van der Waals surface area (Å²) < 4.78 is 0. The lowest BCUT2D eigenvalue weighted by molar-refractivity contribution is -0.139. The van der Waals surface area contributed by atoms with Crippen molar-refractivity contribution in [2.45, 2.75) is 38.8 Å². The summed E-state index contributed by atoms with van der Waals surface area (Å²) in [6.07, 6.45) is 1.37. The predicted octanol–water partition coefficient (Wildman–Crippen LogP) is 1.45. The first kappa shape index (κ1) is 16.5. The van der Waals surface area contributed by atoms with Crippen LogP contribution in [0.5, 0.6) is 0 Å². The minimum atomic E-state index is -0.405. The van der Waals surface area contributed by atoms with Gasteiger partial charge in [0.1, 0.15) is 6.04 Å². The van der Waals surface area contributed by atoms with Gasteiger partial charge in [-0.3, -0.25) is 9.59 Å². The Balaban J connectivity index is 1.95. The van der Waals surface area contributed by atoms with E-state index < -0.39 is 6.04 Å². The first-order valence-electron chi connectivity index (χ1n) is 7.88. The highest BCUT2D eigenvalue weighted by Gasteiger charge is 2.34. The standard InChI is InChI=1S/C17H25N3O2/c1-12(2)16(20-10-6-9-15(20)21)17(22)19-11-14(18)13-7-4-3-5-8-13/h3-5,7-8,12,14,16H,6,9-11,18H2,1-2H3,(H,19,22). The summed E-state index contributed by atoms with van der Waals surface area (Å²) in [5.41, 5.74) is 7.09. The van der Waals surface area contributed by atoms with Crippen LogP contribution in [-0.4, -0.2) is 35.8 Å². The number of amides is 2. The van der Waals surface area contributed by atoms with Gasteiger partial charge in [-0.05, 0) is 17.9 Å². The van der Waals surface area contributed by atoms with Gasteiger partial charge in [-0.25, -0.2) is 0 Å². The number of carbonyl (C=O) groups is 2. The third-order valence-electron chi connectivity index (χ3n) is 4.07. The average Bonchev–Trinajstić information content (AvgIpc) is 2.91. The van der Waals surface area contributed by atoms with E-state index >= 15 is 0 Å². The van der Waals surface area contributed by atoms with Gasteiger partial charge < -0.3 is 16.0 Å². The van der Waals surface area contributed by atoms with Crippen molar-refractivity contribution in [1.82, 2.24) is 10.2 Å². The maximum atomic E-state index is 12.5. The molecule has 2 rings (SSSR count). The lowest BCUT2D eigenvalue weighted by atomic mass is 10.0. The molecular weight excluding hydrogens is 278 g/mol. The summed E-state index contributed by atoms with van der Waals surface area (Å²) >= 11 is 0. The molecule has 5 nitrogen and oxygen atoms in total. The van der Waals surface area contributed by atoms with Crippen LogP contribution in [-0.2, 0) is 9.59 Å². The molecule has 0 bridgehead atoms. The molecule has 1 aliphatic heterocycles. The van der Waals surface area contributed by atoms with Crippen LogP contribution in [0, 0.1) is 5.92 Å². The molecular formula is C17H25N3O2. The fourth-order valence-corrected chi connectivity index (χ4v) is 2.90. The van der Waals surface area contributed by atoms with Gasteiger partial charge in [0.15, 0.2) is 0 Å². The summed E-state index contributed by atoms with van der Waals surface area (Å²) in [5, 5.41) is 2.90. The van der Waals surface area contributed by atoms with Gasteiger partial charge in [-0.15, -0.1) is 0 Å². The van der Waals surface area contributed by atoms with E-state index in [1.807, 2.05) is 44.2 Å². The summed E-state index contributed by atoms with van der Waals surface area (Å²) in [5.74, 6) is 0.0350. The normalized spacial score (nSPS) is 17.6. The van der Waals surface area contributed by atoms with Crippen LogP contribution in [0.3, 0.4) is 0 Å². The van der Waals surface area contributed by atoms with Crippen molar-refractivity contribution < 1.29 is 9.59 Å². The van der Waals surface area contributed by atoms with E-state index in [1.165, 1.54) is 0 Å². The lowest BCUT2D eigenvalue weighted by Gasteiger charge is -2.30. The summed E-state index contributed by atoms with van der Waals surface area (Å²) in [4.78, 5) is 26.1.